The second-order valence-corrected chi connectivity index (χ2v) is 6.46. The first kappa shape index (κ1) is 20.7. The molecular weight excluding hydrogens is 348 g/mol. The highest BCUT2D eigenvalue weighted by Crippen LogP contribution is 2.19. The molecule has 0 aromatic carbocycles. The highest BCUT2D eigenvalue weighted by atomic mass is 16.5. The lowest BCUT2D eigenvalue weighted by molar-refractivity contribution is 0.0510. The molecule has 0 unspecified atom stereocenters. The number of hydrogen-bond donors (Lipinski definition) is 1. The Kier molecular flexibility index (Phi) is 7.15. The summed E-state index contributed by atoms with van der Waals surface area (Å²) in [5.41, 5.74) is 3.27. The summed E-state index contributed by atoms with van der Waals surface area (Å²) in [6.45, 7) is 8.95. The molecule has 0 atom stereocenters. The number of esters is 1. The smallest absolute Gasteiger partial charge is 0.356 e. The van der Waals surface area contributed by atoms with Gasteiger partial charge < -0.3 is 9.84 Å². The van der Waals surface area contributed by atoms with Crippen LogP contribution in [0.15, 0.2) is 6.07 Å². The molecule has 2 rings (SSSR count). The summed E-state index contributed by atoms with van der Waals surface area (Å²) in [4.78, 5) is 23.5. The fourth-order valence-electron chi connectivity index (χ4n) is 3.20. The van der Waals surface area contributed by atoms with Crippen LogP contribution in [-0.2, 0) is 24.2 Å². The van der Waals surface area contributed by atoms with Crippen molar-refractivity contribution in [1.82, 2.24) is 19.6 Å². The number of aryl methyl sites for hydroxylation is 4. The van der Waals surface area contributed by atoms with Crippen molar-refractivity contribution in [2.24, 2.45) is 0 Å². The monoisotopic (exact) mass is 376 g/mol. The largest absolute Gasteiger partial charge is 0.477 e. The standard InChI is InChI=1S/C19H28N4O4/c1-5-22-17(19(26)27-6-2)15(14(4)21-22)10-8-7-9-11-23-16(18(24)25)12-13(3)20-23/h12H,5-11H2,1-4H3,(H,24,25). The molecule has 0 saturated carbocycles. The summed E-state index contributed by atoms with van der Waals surface area (Å²) >= 11 is 0. The van der Waals surface area contributed by atoms with Gasteiger partial charge in [0.1, 0.15) is 11.4 Å². The summed E-state index contributed by atoms with van der Waals surface area (Å²) in [5.74, 6) is -1.29. The van der Waals surface area contributed by atoms with E-state index in [0.29, 0.717) is 31.1 Å². The zero-order valence-corrected chi connectivity index (χ0v) is 16.5. The summed E-state index contributed by atoms with van der Waals surface area (Å²) < 4.78 is 8.43. The van der Waals surface area contributed by atoms with Gasteiger partial charge in [-0.05, 0) is 53.0 Å². The van der Waals surface area contributed by atoms with Crippen molar-refractivity contribution in [2.45, 2.75) is 66.5 Å². The summed E-state index contributed by atoms with van der Waals surface area (Å²) in [6, 6.07) is 1.58. The van der Waals surface area contributed by atoms with Crippen LogP contribution >= 0.6 is 0 Å². The summed E-state index contributed by atoms with van der Waals surface area (Å²) in [5, 5.41) is 17.9. The lowest BCUT2D eigenvalue weighted by Gasteiger charge is -2.08. The Balaban J connectivity index is 1.95. The second-order valence-electron chi connectivity index (χ2n) is 6.46. The van der Waals surface area contributed by atoms with Gasteiger partial charge in [0.05, 0.1) is 18.0 Å². The highest BCUT2D eigenvalue weighted by Gasteiger charge is 2.21. The molecule has 0 aliphatic heterocycles. The molecule has 0 amide bonds. The predicted octanol–water partition coefficient (Wildman–Crippen LogP) is 3.00. The molecule has 0 aliphatic carbocycles. The van der Waals surface area contributed by atoms with Gasteiger partial charge >= 0.3 is 11.9 Å². The van der Waals surface area contributed by atoms with Crippen LogP contribution in [0.3, 0.4) is 0 Å². The van der Waals surface area contributed by atoms with E-state index in [4.69, 9.17) is 4.74 Å². The van der Waals surface area contributed by atoms with Crippen molar-refractivity contribution in [2.75, 3.05) is 6.61 Å². The summed E-state index contributed by atoms with van der Waals surface area (Å²) in [7, 11) is 0. The van der Waals surface area contributed by atoms with Crippen molar-refractivity contribution >= 4 is 11.9 Å². The van der Waals surface area contributed by atoms with E-state index in [1.165, 1.54) is 0 Å². The molecular formula is C19H28N4O4. The van der Waals surface area contributed by atoms with Crippen LogP contribution in [0.5, 0.6) is 0 Å². The minimum atomic E-state index is -0.961. The van der Waals surface area contributed by atoms with E-state index >= 15 is 0 Å². The van der Waals surface area contributed by atoms with Crippen LogP contribution in [0.2, 0.25) is 0 Å². The lowest BCUT2D eigenvalue weighted by Crippen LogP contribution is -2.14. The minimum absolute atomic E-state index is 0.220. The SMILES string of the molecule is CCOC(=O)c1c(CCCCCn2nc(C)cc2C(=O)O)c(C)nn1CC. The van der Waals surface area contributed by atoms with E-state index in [1.54, 1.807) is 29.3 Å². The number of ether oxygens (including phenoxy) is 1. The number of carboxylic acids is 1. The molecule has 0 radical (unpaired) electrons. The molecule has 8 heteroatoms. The average molecular weight is 376 g/mol. The molecule has 0 spiro atoms. The predicted molar refractivity (Wildman–Crippen MR) is 100 cm³/mol. The Morgan fingerprint density at radius 1 is 1.11 bits per heavy atom. The van der Waals surface area contributed by atoms with Gasteiger partial charge in [0.2, 0.25) is 0 Å². The van der Waals surface area contributed by atoms with Gasteiger partial charge in [0.15, 0.2) is 0 Å². The maximum absolute atomic E-state index is 12.3. The number of nitrogens with zero attached hydrogens (tertiary/aromatic N) is 4. The Bertz CT molecular complexity index is 807. The number of carboxylic acid groups (broad SMARTS) is 1. The molecule has 0 bridgehead atoms. The van der Waals surface area contributed by atoms with Crippen molar-refractivity contribution in [3.05, 3.63) is 34.4 Å². The van der Waals surface area contributed by atoms with Gasteiger partial charge in [0, 0.05) is 18.7 Å². The van der Waals surface area contributed by atoms with Gasteiger partial charge in [0.25, 0.3) is 0 Å². The third kappa shape index (κ3) is 4.96. The molecule has 0 aliphatic rings. The van der Waals surface area contributed by atoms with Crippen molar-refractivity contribution in [3.63, 3.8) is 0 Å². The van der Waals surface area contributed by atoms with Crippen LogP contribution in [0.4, 0.5) is 0 Å². The minimum Gasteiger partial charge on any atom is -0.477 e. The van der Waals surface area contributed by atoms with E-state index in [-0.39, 0.29) is 11.7 Å². The molecule has 27 heavy (non-hydrogen) atoms. The van der Waals surface area contributed by atoms with E-state index in [2.05, 4.69) is 10.2 Å². The number of unbranched alkanes of at least 4 members (excludes halogenated alkanes) is 2. The number of hydrogen-bond acceptors (Lipinski definition) is 5. The fourth-order valence-corrected chi connectivity index (χ4v) is 3.20. The van der Waals surface area contributed by atoms with Crippen LogP contribution in [-0.4, -0.2) is 43.2 Å². The Morgan fingerprint density at radius 2 is 1.85 bits per heavy atom. The van der Waals surface area contributed by atoms with Gasteiger partial charge in [-0.1, -0.05) is 6.42 Å². The van der Waals surface area contributed by atoms with Crippen LogP contribution in [0.1, 0.15) is 71.0 Å². The number of carbonyl (C=O) groups excluding carboxylic acids is 1. The second kappa shape index (κ2) is 9.34. The number of aromatic carboxylic acids is 1. The van der Waals surface area contributed by atoms with Crippen molar-refractivity contribution in [1.29, 1.82) is 0 Å². The van der Waals surface area contributed by atoms with E-state index in [1.807, 2.05) is 13.8 Å². The third-order valence-corrected chi connectivity index (χ3v) is 4.44. The quantitative estimate of drug-likeness (QED) is 0.505. The Labute approximate surface area is 159 Å². The first-order valence-electron chi connectivity index (χ1n) is 9.40. The topological polar surface area (TPSA) is 99.2 Å². The fraction of sp³-hybridized carbons (Fsp3) is 0.579. The Morgan fingerprint density at radius 3 is 2.48 bits per heavy atom. The molecule has 2 aromatic heterocycles. The van der Waals surface area contributed by atoms with Crippen LogP contribution in [0, 0.1) is 13.8 Å². The van der Waals surface area contributed by atoms with Crippen molar-refractivity contribution in [3.8, 4) is 0 Å². The van der Waals surface area contributed by atoms with Gasteiger partial charge in [-0.25, -0.2) is 9.59 Å². The van der Waals surface area contributed by atoms with Gasteiger partial charge in [-0.2, -0.15) is 10.2 Å². The van der Waals surface area contributed by atoms with Crippen LogP contribution in [0.25, 0.3) is 0 Å². The summed E-state index contributed by atoms with van der Waals surface area (Å²) in [6.07, 6.45) is 3.34. The lowest BCUT2D eigenvalue weighted by atomic mass is 10.0. The molecule has 2 heterocycles. The zero-order valence-electron chi connectivity index (χ0n) is 16.5. The number of aromatic nitrogens is 4. The first-order valence-corrected chi connectivity index (χ1v) is 9.40. The van der Waals surface area contributed by atoms with E-state index in [9.17, 15) is 14.7 Å². The maximum Gasteiger partial charge on any atom is 0.356 e. The number of rotatable bonds is 10. The number of carbonyl (C=O) groups is 2. The van der Waals surface area contributed by atoms with Crippen LogP contribution < -0.4 is 0 Å². The first-order chi connectivity index (χ1) is 12.9. The van der Waals surface area contributed by atoms with Gasteiger partial charge in [-0.15, -0.1) is 0 Å². The zero-order chi connectivity index (χ0) is 20.0. The Hall–Kier alpha value is -2.64. The van der Waals surface area contributed by atoms with Gasteiger partial charge in [-0.3, -0.25) is 9.36 Å². The molecule has 1 N–H and O–H groups in total. The highest BCUT2D eigenvalue weighted by molar-refractivity contribution is 5.89. The van der Waals surface area contributed by atoms with Crippen molar-refractivity contribution < 1.29 is 19.4 Å². The third-order valence-electron chi connectivity index (χ3n) is 4.44. The molecule has 8 nitrogen and oxygen atoms in total. The normalized spacial score (nSPS) is 11.0. The van der Waals surface area contributed by atoms with E-state index in [0.717, 1.165) is 36.9 Å². The molecule has 2 aromatic rings. The average Bonchev–Trinajstić information content (AvgIpc) is 3.14. The molecule has 148 valence electrons. The molecule has 0 fully saturated rings. The molecule has 0 saturated heterocycles. The van der Waals surface area contributed by atoms with E-state index < -0.39 is 5.97 Å². The maximum atomic E-state index is 12.3.